The van der Waals surface area contributed by atoms with E-state index in [2.05, 4.69) is 10.2 Å². The molecule has 7 heteroatoms. The van der Waals surface area contributed by atoms with Gasteiger partial charge in [0.05, 0.1) is 7.11 Å². The molecule has 144 valence electrons. The van der Waals surface area contributed by atoms with E-state index in [1.807, 2.05) is 6.07 Å². The van der Waals surface area contributed by atoms with Crippen LogP contribution in [-0.2, 0) is 6.54 Å². The van der Waals surface area contributed by atoms with Gasteiger partial charge in [0.2, 0.25) is 11.2 Å². The van der Waals surface area contributed by atoms with Crippen LogP contribution in [0.4, 0.5) is 4.39 Å². The molecule has 1 fully saturated rings. The van der Waals surface area contributed by atoms with Crippen molar-refractivity contribution < 1.29 is 18.3 Å². The first-order valence-corrected chi connectivity index (χ1v) is 9.00. The minimum Gasteiger partial charge on any atom is -0.490 e. The van der Waals surface area contributed by atoms with Crippen molar-refractivity contribution >= 4 is 5.91 Å². The highest BCUT2D eigenvalue weighted by Crippen LogP contribution is 2.16. The van der Waals surface area contributed by atoms with Gasteiger partial charge in [-0.1, -0.05) is 18.2 Å². The normalized spacial score (nSPS) is 17.9. The molecule has 0 saturated carbocycles. The molecule has 1 aliphatic rings. The minimum atomic E-state index is -0.415. The third-order valence-electron chi connectivity index (χ3n) is 4.75. The first-order valence-electron chi connectivity index (χ1n) is 9.00. The molecule has 2 aromatic rings. The molecular formula is C20H23FN2O4. The zero-order valence-electron chi connectivity index (χ0n) is 15.2. The highest BCUT2D eigenvalue weighted by Gasteiger charge is 2.21. The fraction of sp³-hybridized carbons (Fsp3) is 0.400. The monoisotopic (exact) mass is 374 g/mol. The first-order chi connectivity index (χ1) is 13.1. The number of amides is 1. The Labute approximate surface area is 156 Å². The quantitative estimate of drug-likeness (QED) is 0.871. The van der Waals surface area contributed by atoms with Crippen LogP contribution in [0.25, 0.3) is 0 Å². The summed E-state index contributed by atoms with van der Waals surface area (Å²) in [7, 11) is 1.37. The average molecular weight is 374 g/mol. The topological polar surface area (TPSA) is 71.8 Å². The summed E-state index contributed by atoms with van der Waals surface area (Å²) in [4.78, 5) is 26.3. The first kappa shape index (κ1) is 19.1. The molecule has 1 amide bonds. The number of ether oxygens (including phenoxy) is 1. The van der Waals surface area contributed by atoms with E-state index >= 15 is 0 Å². The number of carbonyl (C=O) groups is 1. The molecule has 0 radical (unpaired) electrons. The second-order valence-corrected chi connectivity index (χ2v) is 6.65. The zero-order chi connectivity index (χ0) is 19.2. The van der Waals surface area contributed by atoms with Crippen molar-refractivity contribution in [3.05, 3.63) is 64.0 Å². The Morgan fingerprint density at radius 2 is 2.15 bits per heavy atom. The third-order valence-corrected chi connectivity index (χ3v) is 4.75. The van der Waals surface area contributed by atoms with E-state index in [1.54, 1.807) is 12.1 Å². The largest absolute Gasteiger partial charge is 0.490 e. The van der Waals surface area contributed by atoms with Gasteiger partial charge in [0.15, 0.2) is 5.76 Å². The Balaban J connectivity index is 1.56. The number of rotatable bonds is 5. The van der Waals surface area contributed by atoms with Gasteiger partial charge in [-0.15, -0.1) is 0 Å². The van der Waals surface area contributed by atoms with Gasteiger partial charge in [-0.3, -0.25) is 14.5 Å². The molecule has 1 aromatic heterocycles. The number of nitrogens with one attached hydrogen (secondary N) is 1. The van der Waals surface area contributed by atoms with Crippen molar-refractivity contribution in [1.82, 2.24) is 10.2 Å². The third kappa shape index (κ3) is 4.95. The van der Waals surface area contributed by atoms with Gasteiger partial charge in [-0.25, -0.2) is 4.39 Å². The number of likely N-dealkylation sites (tertiary alicyclic amines) is 1. The maximum atomic E-state index is 13.8. The number of benzene rings is 1. The summed E-state index contributed by atoms with van der Waals surface area (Å²) in [5, 5.41) is 2.92. The molecule has 0 unspecified atom stereocenters. The Morgan fingerprint density at radius 1 is 1.33 bits per heavy atom. The lowest BCUT2D eigenvalue weighted by Crippen LogP contribution is -2.36. The van der Waals surface area contributed by atoms with Crippen LogP contribution in [0.1, 0.15) is 35.4 Å². The number of methoxy groups -OCH3 is 1. The van der Waals surface area contributed by atoms with E-state index in [9.17, 15) is 14.0 Å². The van der Waals surface area contributed by atoms with E-state index in [0.717, 1.165) is 44.7 Å². The summed E-state index contributed by atoms with van der Waals surface area (Å²) < 4.78 is 23.9. The number of nitrogens with zero attached hydrogens (tertiary/aromatic N) is 1. The van der Waals surface area contributed by atoms with Crippen LogP contribution in [0.15, 0.2) is 45.8 Å². The second kappa shape index (κ2) is 8.81. The summed E-state index contributed by atoms with van der Waals surface area (Å²) in [5.41, 5.74) is 0.283. The Hall–Kier alpha value is -2.67. The summed E-state index contributed by atoms with van der Waals surface area (Å²) in [6, 6.07) is 7.90. The van der Waals surface area contributed by atoms with Crippen LogP contribution in [0.3, 0.4) is 0 Å². The van der Waals surface area contributed by atoms with Crippen LogP contribution >= 0.6 is 0 Å². The standard InChI is InChI=1S/C20H23FN2O4/c1-26-19-13-27-18(11-17(19)24)20(25)22-15-6-4-9-23(10-8-15)12-14-5-2-3-7-16(14)21/h2-3,5,7,11,13,15H,4,6,8-10,12H2,1H3,(H,22,25)/t15-/m1/s1. The number of halogens is 1. The molecule has 1 N–H and O–H groups in total. The van der Waals surface area contributed by atoms with E-state index in [-0.39, 0.29) is 23.4 Å². The molecule has 0 aliphatic carbocycles. The van der Waals surface area contributed by atoms with Gasteiger partial charge in [-0.2, -0.15) is 0 Å². The smallest absolute Gasteiger partial charge is 0.287 e. The zero-order valence-corrected chi connectivity index (χ0v) is 15.2. The van der Waals surface area contributed by atoms with Crippen LogP contribution in [0.5, 0.6) is 5.75 Å². The van der Waals surface area contributed by atoms with E-state index in [0.29, 0.717) is 12.1 Å². The summed E-state index contributed by atoms with van der Waals surface area (Å²) >= 11 is 0. The van der Waals surface area contributed by atoms with Gasteiger partial charge in [-0.05, 0) is 31.9 Å². The fourth-order valence-corrected chi connectivity index (χ4v) is 3.25. The van der Waals surface area contributed by atoms with Crippen LogP contribution in [0.2, 0.25) is 0 Å². The minimum absolute atomic E-state index is 0.0180. The van der Waals surface area contributed by atoms with Crippen molar-refractivity contribution in [1.29, 1.82) is 0 Å². The van der Waals surface area contributed by atoms with Crippen molar-refractivity contribution in [2.75, 3.05) is 20.2 Å². The van der Waals surface area contributed by atoms with Gasteiger partial charge < -0.3 is 14.5 Å². The van der Waals surface area contributed by atoms with Crippen molar-refractivity contribution in [3.8, 4) is 5.75 Å². The Bertz CT molecular complexity index is 852. The predicted molar refractivity (Wildman–Crippen MR) is 98.3 cm³/mol. The predicted octanol–water partition coefficient (Wildman–Crippen LogP) is 2.57. The molecule has 27 heavy (non-hydrogen) atoms. The lowest BCUT2D eigenvalue weighted by atomic mass is 10.1. The molecule has 1 aromatic carbocycles. The van der Waals surface area contributed by atoms with Crippen molar-refractivity contribution in [3.63, 3.8) is 0 Å². The maximum absolute atomic E-state index is 13.8. The Morgan fingerprint density at radius 3 is 2.89 bits per heavy atom. The van der Waals surface area contributed by atoms with Gasteiger partial charge in [0.1, 0.15) is 12.1 Å². The summed E-state index contributed by atoms with van der Waals surface area (Å²) in [5.74, 6) is -0.582. The van der Waals surface area contributed by atoms with Crippen LogP contribution in [-0.4, -0.2) is 37.0 Å². The molecule has 6 nitrogen and oxygen atoms in total. The number of hydrogen-bond acceptors (Lipinski definition) is 5. The van der Waals surface area contributed by atoms with Gasteiger partial charge in [0, 0.05) is 30.8 Å². The lowest BCUT2D eigenvalue weighted by Gasteiger charge is -2.20. The maximum Gasteiger partial charge on any atom is 0.287 e. The number of hydrogen-bond donors (Lipinski definition) is 1. The van der Waals surface area contributed by atoms with Gasteiger partial charge >= 0.3 is 0 Å². The van der Waals surface area contributed by atoms with Crippen molar-refractivity contribution in [2.45, 2.75) is 31.8 Å². The molecule has 2 heterocycles. The highest BCUT2D eigenvalue weighted by atomic mass is 19.1. The highest BCUT2D eigenvalue weighted by molar-refractivity contribution is 5.91. The fourth-order valence-electron chi connectivity index (χ4n) is 3.25. The van der Waals surface area contributed by atoms with Crippen LogP contribution in [0, 0.1) is 5.82 Å². The van der Waals surface area contributed by atoms with Gasteiger partial charge in [0.25, 0.3) is 5.91 Å². The SMILES string of the molecule is COc1coc(C(=O)N[C@@H]2CCCN(Cc3ccccc3F)CC2)cc1=O. The molecule has 0 spiro atoms. The van der Waals surface area contributed by atoms with E-state index in [4.69, 9.17) is 9.15 Å². The molecule has 1 saturated heterocycles. The second-order valence-electron chi connectivity index (χ2n) is 6.65. The number of carbonyl (C=O) groups excluding carboxylic acids is 1. The van der Waals surface area contributed by atoms with E-state index < -0.39 is 11.3 Å². The molecular weight excluding hydrogens is 351 g/mol. The molecule has 1 atom stereocenters. The molecule has 0 bridgehead atoms. The molecule has 1 aliphatic heterocycles. The Kier molecular flexibility index (Phi) is 6.24. The summed E-state index contributed by atoms with van der Waals surface area (Å²) in [6.45, 7) is 2.16. The average Bonchev–Trinajstić information content (AvgIpc) is 2.88. The molecule has 3 rings (SSSR count). The van der Waals surface area contributed by atoms with E-state index in [1.165, 1.54) is 13.2 Å². The summed E-state index contributed by atoms with van der Waals surface area (Å²) in [6.07, 6.45) is 3.60. The van der Waals surface area contributed by atoms with Crippen LogP contribution < -0.4 is 15.5 Å². The lowest BCUT2D eigenvalue weighted by molar-refractivity contribution is 0.0902. The van der Waals surface area contributed by atoms with Crippen molar-refractivity contribution in [2.24, 2.45) is 0 Å².